The third-order valence-corrected chi connectivity index (χ3v) is 3.70. The van der Waals surface area contributed by atoms with Gasteiger partial charge in [-0.25, -0.2) is 4.98 Å². The van der Waals surface area contributed by atoms with Gasteiger partial charge in [0.2, 0.25) is 5.88 Å². The lowest BCUT2D eigenvalue weighted by Crippen LogP contribution is -2.30. The molecule has 2 aromatic rings. The van der Waals surface area contributed by atoms with Crippen LogP contribution in [-0.2, 0) is 0 Å². The molecule has 4 nitrogen and oxygen atoms in total. The number of carbonyl (C=O) groups is 1. The van der Waals surface area contributed by atoms with Gasteiger partial charge in [0.15, 0.2) is 0 Å². The van der Waals surface area contributed by atoms with Gasteiger partial charge < -0.3 is 9.64 Å². The topological polar surface area (TPSA) is 42.4 Å². The number of hydrogen-bond acceptors (Lipinski definition) is 3. The maximum atomic E-state index is 12.4. The lowest BCUT2D eigenvalue weighted by molar-refractivity contribution is 0.0771. The minimum atomic E-state index is -0.00356. The molecule has 108 valence electrons. The average molecular weight is 303 g/mol. The van der Waals surface area contributed by atoms with Gasteiger partial charge in [-0.05, 0) is 30.3 Å². The summed E-state index contributed by atoms with van der Waals surface area (Å²) in [7, 11) is 0. The molecule has 1 saturated heterocycles. The van der Waals surface area contributed by atoms with E-state index in [1.165, 1.54) is 0 Å². The number of ether oxygens (including phenoxy) is 1. The summed E-state index contributed by atoms with van der Waals surface area (Å²) in [6.07, 6.45) is 2.51. The summed E-state index contributed by atoms with van der Waals surface area (Å²) in [5, 5.41) is 0.629. The molecule has 1 aromatic heterocycles. The van der Waals surface area contributed by atoms with Crippen molar-refractivity contribution in [3.63, 3.8) is 0 Å². The third kappa shape index (κ3) is 3.34. The zero-order valence-corrected chi connectivity index (χ0v) is 12.2. The second-order valence-electron chi connectivity index (χ2n) is 4.95. The molecule has 1 atom stereocenters. The maximum Gasteiger partial charge on any atom is 0.253 e. The normalized spacial score (nSPS) is 17.8. The highest BCUT2D eigenvalue weighted by Gasteiger charge is 2.28. The van der Waals surface area contributed by atoms with Crippen molar-refractivity contribution in [3.8, 4) is 5.88 Å². The molecular formula is C16H15ClN2O2. The van der Waals surface area contributed by atoms with Gasteiger partial charge in [0.1, 0.15) is 6.10 Å². The molecule has 0 spiro atoms. The van der Waals surface area contributed by atoms with E-state index in [2.05, 4.69) is 4.98 Å². The largest absolute Gasteiger partial charge is 0.472 e. The molecule has 1 aromatic carbocycles. The Morgan fingerprint density at radius 3 is 2.76 bits per heavy atom. The fourth-order valence-corrected chi connectivity index (χ4v) is 2.50. The summed E-state index contributed by atoms with van der Waals surface area (Å²) in [4.78, 5) is 18.3. The fourth-order valence-electron chi connectivity index (χ4n) is 2.37. The average Bonchev–Trinajstić information content (AvgIpc) is 2.97. The van der Waals surface area contributed by atoms with Gasteiger partial charge >= 0.3 is 0 Å². The highest BCUT2D eigenvalue weighted by Crippen LogP contribution is 2.19. The second kappa shape index (κ2) is 6.14. The SMILES string of the molecule is O=C(c1ccc(Cl)cc1)N1CCC(Oc2ccccn2)C1. The van der Waals surface area contributed by atoms with Crippen molar-refractivity contribution in [3.05, 3.63) is 59.2 Å². The first kappa shape index (κ1) is 13.9. The molecule has 0 N–H and O–H groups in total. The Bertz CT molecular complexity index is 616. The van der Waals surface area contributed by atoms with Crippen LogP contribution in [0.25, 0.3) is 0 Å². The van der Waals surface area contributed by atoms with Crippen molar-refractivity contribution in [1.82, 2.24) is 9.88 Å². The standard InChI is InChI=1S/C16H15ClN2O2/c17-13-6-4-12(5-7-13)16(20)19-10-8-14(11-19)21-15-3-1-2-9-18-15/h1-7,9,14H,8,10-11H2. The van der Waals surface area contributed by atoms with Crippen molar-refractivity contribution in [2.45, 2.75) is 12.5 Å². The van der Waals surface area contributed by atoms with Crippen LogP contribution in [0.4, 0.5) is 0 Å². The molecule has 1 fully saturated rings. The molecule has 0 saturated carbocycles. The number of nitrogens with zero attached hydrogens (tertiary/aromatic N) is 2. The Kier molecular flexibility index (Phi) is 4.06. The number of carbonyl (C=O) groups excluding carboxylic acids is 1. The van der Waals surface area contributed by atoms with E-state index >= 15 is 0 Å². The van der Waals surface area contributed by atoms with E-state index in [-0.39, 0.29) is 12.0 Å². The Morgan fingerprint density at radius 2 is 2.05 bits per heavy atom. The van der Waals surface area contributed by atoms with Gasteiger partial charge in [0.05, 0.1) is 6.54 Å². The maximum absolute atomic E-state index is 12.4. The van der Waals surface area contributed by atoms with Gasteiger partial charge in [-0.3, -0.25) is 4.79 Å². The number of aromatic nitrogens is 1. The van der Waals surface area contributed by atoms with Crippen LogP contribution in [0.3, 0.4) is 0 Å². The molecule has 2 heterocycles. The van der Waals surface area contributed by atoms with Crippen molar-refractivity contribution < 1.29 is 9.53 Å². The molecule has 5 heteroatoms. The van der Waals surface area contributed by atoms with Crippen LogP contribution >= 0.6 is 11.6 Å². The number of pyridine rings is 1. The summed E-state index contributed by atoms with van der Waals surface area (Å²) < 4.78 is 5.78. The van der Waals surface area contributed by atoms with E-state index in [9.17, 15) is 4.79 Å². The quantitative estimate of drug-likeness (QED) is 0.875. The van der Waals surface area contributed by atoms with Crippen LogP contribution in [-0.4, -0.2) is 35.0 Å². The van der Waals surface area contributed by atoms with E-state index in [0.717, 1.165) is 6.42 Å². The molecule has 1 amide bonds. The predicted octanol–water partition coefficient (Wildman–Crippen LogP) is 3.03. The van der Waals surface area contributed by atoms with Gasteiger partial charge in [0.25, 0.3) is 5.91 Å². The summed E-state index contributed by atoms with van der Waals surface area (Å²) in [5.41, 5.74) is 0.651. The lowest BCUT2D eigenvalue weighted by atomic mass is 10.2. The van der Waals surface area contributed by atoms with Crippen molar-refractivity contribution in [2.75, 3.05) is 13.1 Å². The van der Waals surface area contributed by atoms with E-state index < -0.39 is 0 Å². The van der Waals surface area contributed by atoms with E-state index in [0.29, 0.717) is 29.6 Å². The molecule has 1 aliphatic rings. The number of halogens is 1. The molecule has 0 bridgehead atoms. The smallest absolute Gasteiger partial charge is 0.253 e. The molecule has 1 aliphatic heterocycles. The highest BCUT2D eigenvalue weighted by atomic mass is 35.5. The van der Waals surface area contributed by atoms with Crippen molar-refractivity contribution in [1.29, 1.82) is 0 Å². The number of likely N-dealkylation sites (tertiary alicyclic amines) is 1. The van der Waals surface area contributed by atoms with Crippen LogP contribution in [0.5, 0.6) is 5.88 Å². The summed E-state index contributed by atoms with van der Waals surface area (Å²) in [6.45, 7) is 1.27. The molecule has 21 heavy (non-hydrogen) atoms. The first-order valence-electron chi connectivity index (χ1n) is 6.85. The number of amides is 1. The minimum absolute atomic E-state index is 0.00356. The minimum Gasteiger partial charge on any atom is -0.472 e. The molecule has 0 aliphatic carbocycles. The Morgan fingerprint density at radius 1 is 1.24 bits per heavy atom. The number of rotatable bonds is 3. The fraction of sp³-hybridized carbons (Fsp3) is 0.250. The van der Waals surface area contributed by atoms with Gasteiger partial charge in [0, 0.05) is 35.8 Å². The summed E-state index contributed by atoms with van der Waals surface area (Å²) >= 11 is 5.84. The Balaban J connectivity index is 1.61. The van der Waals surface area contributed by atoms with Crippen LogP contribution in [0.2, 0.25) is 5.02 Å². The Labute approximate surface area is 128 Å². The lowest BCUT2D eigenvalue weighted by Gasteiger charge is -2.17. The van der Waals surface area contributed by atoms with Crippen molar-refractivity contribution in [2.24, 2.45) is 0 Å². The van der Waals surface area contributed by atoms with Crippen LogP contribution < -0.4 is 4.74 Å². The zero-order valence-electron chi connectivity index (χ0n) is 11.4. The molecule has 0 radical (unpaired) electrons. The Hall–Kier alpha value is -2.07. The van der Waals surface area contributed by atoms with E-state index in [1.807, 2.05) is 18.2 Å². The van der Waals surface area contributed by atoms with Crippen LogP contribution in [0.15, 0.2) is 48.7 Å². The molecular weight excluding hydrogens is 288 g/mol. The zero-order chi connectivity index (χ0) is 14.7. The first-order valence-corrected chi connectivity index (χ1v) is 7.23. The van der Waals surface area contributed by atoms with Crippen molar-refractivity contribution >= 4 is 17.5 Å². The highest BCUT2D eigenvalue weighted by molar-refractivity contribution is 6.30. The second-order valence-corrected chi connectivity index (χ2v) is 5.39. The molecule has 1 unspecified atom stereocenters. The summed E-state index contributed by atoms with van der Waals surface area (Å²) in [6, 6.07) is 12.5. The van der Waals surface area contributed by atoms with Crippen LogP contribution in [0, 0.1) is 0 Å². The van der Waals surface area contributed by atoms with E-state index in [1.54, 1.807) is 35.4 Å². The number of benzene rings is 1. The first-order chi connectivity index (χ1) is 10.2. The van der Waals surface area contributed by atoms with Gasteiger partial charge in [-0.1, -0.05) is 17.7 Å². The van der Waals surface area contributed by atoms with Gasteiger partial charge in [-0.2, -0.15) is 0 Å². The monoisotopic (exact) mass is 302 g/mol. The molecule has 3 rings (SSSR count). The predicted molar refractivity (Wildman–Crippen MR) is 80.6 cm³/mol. The number of hydrogen-bond donors (Lipinski definition) is 0. The summed E-state index contributed by atoms with van der Waals surface area (Å²) in [5.74, 6) is 0.613. The van der Waals surface area contributed by atoms with Crippen LogP contribution in [0.1, 0.15) is 16.8 Å². The van der Waals surface area contributed by atoms with E-state index in [4.69, 9.17) is 16.3 Å². The van der Waals surface area contributed by atoms with Gasteiger partial charge in [-0.15, -0.1) is 0 Å². The third-order valence-electron chi connectivity index (χ3n) is 3.45.